The van der Waals surface area contributed by atoms with Crippen LogP contribution in [0.5, 0.6) is 0 Å². The smallest absolute Gasteiger partial charge is 0.335 e. The van der Waals surface area contributed by atoms with E-state index in [0.717, 1.165) is 0 Å². The lowest BCUT2D eigenvalue weighted by Crippen LogP contribution is -2.16. The number of carbonyl (C=O) groups is 1. The third-order valence-corrected chi connectivity index (χ3v) is 2.54. The number of aliphatic hydroxyl groups is 1. The number of ether oxygens (including phenoxy) is 1. The first-order valence-electron chi connectivity index (χ1n) is 5.06. The summed E-state index contributed by atoms with van der Waals surface area (Å²) in [6, 6.07) is 0. The molecule has 1 saturated heterocycles. The normalized spacial score (nSPS) is 25.3. The topological polar surface area (TPSA) is 46.5 Å². The van der Waals surface area contributed by atoms with Crippen molar-refractivity contribution >= 4 is 5.97 Å². The summed E-state index contributed by atoms with van der Waals surface area (Å²) in [5.41, 5.74) is 0.414. The Kier molecular flexibility index (Phi) is 4.17. The van der Waals surface area contributed by atoms with Gasteiger partial charge >= 0.3 is 5.97 Å². The van der Waals surface area contributed by atoms with Gasteiger partial charge in [0.15, 0.2) is 6.10 Å². The summed E-state index contributed by atoms with van der Waals surface area (Å²) in [6.07, 6.45) is 4.79. The van der Waals surface area contributed by atoms with Gasteiger partial charge in [0.25, 0.3) is 0 Å². The maximum Gasteiger partial charge on any atom is 0.335 e. The Bertz CT molecular complexity index is 392. The minimum atomic E-state index is -0.793. The summed E-state index contributed by atoms with van der Waals surface area (Å²) in [5, 5.41) is 9.26. The van der Waals surface area contributed by atoms with Crippen LogP contribution in [0.4, 0.5) is 0 Å². The Morgan fingerprint density at radius 3 is 2.94 bits per heavy atom. The molecule has 0 aromatic rings. The molecule has 0 amide bonds. The Morgan fingerprint density at radius 1 is 1.69 bits per heavy atom. The van der Waals surface area contributed by atoms with Crippen molar-refractivity contribution in [3.8, 4) is 24.2 Å². The molecule has 1 N–H and O–H groups in total. The summed E-state index contributed by atoms with van der Waals surface area (Å²) in [7, 11) is 0. The van der Waals surface area contributed by atoms with Crippen molar-refractivity contribution in [1.82, 2.24) is 0 Å². The van der Waals surface area contributed by atoms with Crippen molar-refractivity contribution < 1.29 is 14.6 Å². The molecule has 1 heterocycles. The molecule has 1 rings (SSSR count). The number of cyclic esters (lactones) is 1. The standard InChI is InChI=1S/C13H14O3/c1-4-6-12-11(8-7-10(14)5-2)9(3)13(15)16-12/h2,10-12,14H,3,7-8H2,1H3/t10?,11-,12+/m1/s1. The lowest BCUT2D eigenvalue weighted by Gasteiger charge is -2.13. The molecule has 1 aliphatic heterocycles. The molecule has 16 heavy (non-hydrogen) atoms. The van der Waals surface area contributed by atoms with Gasteiger partial charge in [0.05, 0.1) is 0 Å². The monoisotopic (exact) mass is 218 g/mol. The molecule has 0 aromatic carbocycles. The molecule has 0 bridgehead atoms. The fourth-order valence-electron chi connectivity index (χ4n) is 1.63. The number of hydrogen-bond acceptors (Lipinski definition) is 3. The van der Waals surface area contributed by atoms with E-state index in [2.05, 4.69) is 24.3 Å². The van der Waals surface area contributed by atoms with Crippen molar-refractivity contribution in [3.63, 3.8) is 0 Å². The number of esters is 1. The average Bonchev–Trinajstić information content (AvgIpc) is 2.53. The van der Waals surface area contributed by atoms with Gasteiger partial charge in [-0.05, 0) is 19.8 Å². The van der Waals surface area contributed by atoms with Gasteiger partial charge in [-0.3, -0.25) is 0 Å². The van der Waals surface area contributed by atoms with Crippen molar-refractivity contribution in [2.75, 3.05) is 0 Å². The number of hydrogen-bond donors (Lipinski definition) is 1. The summed E-state index contributed by atoms with van der Waals surface area (Å²) < 4.78 is 5.05. The highest BCUT2D eigenvalue weighted by atomic mass is 16.5. The van der Waals surface area contributed by atoms with Crippen LogP contribution in [0.25, 0.3) is 0 Å². The minimum Gasteiger partial charge on any atom is -0.445 e. The van der Waals surface area contributed by atoms with Crippen LogP contribution in [0.15, 0.2) is 12.2 Å². The maximum atomic E-state index is 11.3. The molecule has 0 spiro atoms. The van der Waals surface area contributed by atoms with E-state index in [0.29, 0.717) is 18.4 Å². The average molecular weight is 218 g/mol. The largest absolute Gasteiger partial charge is 0.445 e. The van der Waals surface area contributed by atoms with Crippen molar-refractivity contribution in [2.45, 2.75) is 32.0 Å². The number of rotatable bonds is 3. The summed E-state index contributed by atoms with van der Waals surface area (Å²) in [6.45, 7) is 5.36. The molecule has 3 atom stereocenters. The third kappa shape index (κ3) is 2.66. The van der Waals surface area contributed by atoms with E-state index in [4.69, 9.17) is 11.2 Å². The molecular formula is C13H14O3. The number of aliphatic hydroxyl groups excluding tert-OH is 1. The molecule has 1 aliphatic rings. The zero-order valence-corrected chi connectivity index (χ0v) is 9.19. The summed E-state index contributed by atoms with van der Waals surface area (Å²) in [4.78, 5) is 11.3. The van der Waals surface area contributed by atoms with Gasteiger partial charge in [-0.1, -0.05) is 18.4 Å². The van der Waals surface area contributed by atoms with Crippen LogP contribution in [0.2, 0.25) is 0 Å². The molecule has 0 aliphatic carbocycles. The van der Waals surface area contributed by atoms with Crippen LogP contribution >= 0.6 is 0 Å². The fourth-order valence-corrected chi connectivity index (χ4v) is 1.63. The first-order valence-corrected chi connectivity index (χ1v) is 5.06. The van der Waals surface area contributed by atoms with Crippen LogP contribution in [0.3, 0.4) is 0 Å². The number of carbonyl (C=O) groups excluding carboxylic acids is 1. The second-order valence-electron chi connectivity index (χ2n) is 3.61. The molecule has 3 heteroatoms. The second kappa shape index (κ2) is 5.39. The molecule has 0 aromatic heterocycles. The maximum absolute atomic E-state index is 11.3. The Labute approximate surface area is 95.5 Å². The number of terminal acetylenes is 1. The summed E-state index contributed by atoms with van der Waals surface area (Å²) in [5.74, 6) is 7.17. The van der Waals surface area contributed by atoms with E-state index in [-0.39, 0.29) is 5.92 Å². The minimum absolute atomic E-state index is 0.164. The van der Waals surface area contributed by atoms with Gasteiger partial charge in [0, 0.05) is 11.5 Å². The van der Waals surface area contributed by atoms with Crippen LogP contribution in [0.1, 0.15) is 19.8 Å². The van der Waals surface area contributed by atoms with Crippen LogP contribution < -0.4 is 0 Å². The van der Waals surface area contributed by atoms with Crippen LogP contribution in [-0.4, -0.2) is 23.3 Å². The van der Waals surface area contributed by atoms with E-state index in [1.54, 1.807) is 6.92 Å². The highest BCUT2D eigenvalue weighted by molar-refractivity contribution is 5.91. The van der Waals surface area contributed by atoms with E-state index in [1.165, 1.54) is 0 Å². The predicted octanol–water partition coefficient (Wildman–Crippen LogP) is 0.882. The lowest BCUT2D eigenvalue weighted by atomic mass is 9.91. The van der Waals surface area contributed by atoms with E-state index >= 15 is 0 Å². The van der Waals surface area contributed by atoms with Crippen LogP contribution in [0, 0.1) is 30.1 Å². The predicted molar refractivity (Wildman–Crippen MR) is 60.0 cm³/mol. The van der Waals surface area contributed by atoms with Gasteiger partial charge in [-0.25, -0.2) is 4.79 Å². The zero-order valence-electron chi connectivity index (χ0n) is 9.19. The van der Waals surface area contributed by atoms with Crippen molar-refractivity contribution in [2.24, 2.45) is 5.92 Å². The Hall–Kier alpha value is -1.71. The van der Waals surface area contributed by atoms with Gasteiger partial charge in [0.1, 0.15) is 6.10 Å². The Morgan fingerprint density at radius 2 is 2.38 bits per heavy atom. The van der Waals surface area contributed by atoms with Crippen LogP contribution in [-0.2, 0) is 9.53 Å². The fraction of sp³-hybridized carbons (Fsp3) is 0.462. The zero-order chi connectivity index (χ0) is 12.1. The van der Waals surface area contributed by atoms with Crippen molar-refractivity contribution in [3.05, 3.63) is 12.2 Å². The third-order valence-electron chi connectivity index (χ3n) is 2.54. The second-order valence-corrected chi connectivity index (χ2v) is 3.61. The lowest BCUT2D eigenvalue weighted by molar-refractivity contribution is -0.137. The molecule has 3 nitrogen and oxygen atoms in total. The van der Waals surface area contributed by atoms with Crippen molar-refractivity contribution in [1.29, 1.82) is 0 Å². The van der Waals surface area contributed by atoms with E-state index < -0.39 is 18.2 Å². The van der Waals surface area contributed by atoms with Gasteiger partial charge in [0.2, 0.25) is 0 Å². The first kappa shape index (κ1) is 12.4. The summed E-state index contributed by atoms with van der Waals surface area (Å²) >= 11 is 0. The van der Waals surface area contributed by atoms with Gasteiger partial charge in [-0.15, -0.1) is 12.3 Å². The quantitative estimate of drug-likeness (QED) is 0.434. The Balaban J connectivity index is 2.67. The first-order chi connectivity index (χ1) is 7.60. The van der Waals surface area contributed by atoms with E-state index in [9.17, 15) is 9.90 Å². The molecule has 0 saturated carbocycles. The van der Waals surface area contributed by atoms with Gasteiger partial charge < -0.3 is 9.84 Å². The molecule has 84 valence electrons. The van der Waals surface area contributed by atoms with Gasteiger partial charge in [-0.2, -0.15) is 0 Å². The molecule has 1 fully saturated rings. The highest BCUT2D eigenvalue weighted by Crippen LogP contribution is 2.30. The van der Waals surface area contributed by atoms with E-state index in [1.807, 2.05) is 0 Å². The molecule has 1 unspecified atom stereocenters. The molecular weight excluding hydrogens is 204 g/mol. The highest BCUT2D eigenvalue weighted by Gasteiger charge is 2.37. The molecule has 0 radical (unpaired) electrons. The SMILES string of the molecule is C#CC(O)CC[C@@H]1C(=C)C(=O)O[C@H]1C#CC.